The number of ether oxygens (including phenoxy) is 1. The molecule has 1 aromatic heterocycles. The van der Waals surface area contributed by atoms with Gasteiger partial charge in [0.25, 0.3) is 0 Å². The smallest absolute Gasteiger partial charge is 0.233 e. The maximum Gasteiger partial charge on any atom is 0.233 e. The normalized spacial score (nSPS) is 19.6. The molecule has 7 nitrogen and oxygen atoms in total. The average Bonchev–Trinajstić information content (AvgIpc) is 3.05. The summed E-state index contributed by atoms with van der Waals surface area (Å²) in [5.41, 5.74) is 1.14. The molecule has 0 unspecified atom stereocenters. The van der Waals surface area contributed by atoms with Crippen molar-refractivity contribution >= 4 is 28.4 Å². The van der Waals surface area contributed by atoms with Crippen LogP contribution in [0.2, 0.25) is 0 Å². The van der Waals surface area contributed by atoms with Gasteiger partial charge in [-0.05, 0) is 30.2 Å². The van der Waals surface area contributed by atoms with Crippen LogP contribution in [0.3, 0.4) is 0 Å². The number of morpholine rings is 1. The summed E-state index contributed by atoms with van der Waals surface area (Å²) >= 11 is 1.32. The van der Waals surface area contributed by atoms with Crippen molar-refractivity contribution in [1.82, 2.24) is 19.8 Å². The van der Waals surface area contributed by atoms with Gasteiger partial charge in [-0.3, -0.25) is 4.79 Å². The summed E-state index contributed by atoms with van der Waals surface area (Å²) in [6.45, 7) is 5.20. The number of amides is 1. The number of nitrogens with zero attached hydrogens (tertiary/aromatic N) is 4. The van der Waals surface area contributed by atoms with Crippen molar-refractivity contribution in [2.75, 3.05) is 24.7 Å². The molecule has 1 amide bonds. The molecule has 2 heterocycles. The molecule has 2 N–H and O–H groups in total. The van der Waals surface area contributed by atoms with E-state index in [1.165, 1.54) is 27.2 Å². The van der Waals surface area contributed by atoms with Crippen LogP contribution >= 0.6 is 11.8 Å². The van der Waals surface area contributed by atoms with Crippen molar-refractivity contribution < 1.29 is 9.53 Å². The zero-order valence-corrected chi connectivity index (χ0v) is 17.4. The van der Waals surface area contributed by atoms with Gasteiger partial charge in [0.1, 0.15) is 0 Å². The summed E-state index contributed by atoms with van der Waals surface area (Å²) in [5.74, 6) is 7.25. The number of aromatic nitrogens is 3. The molecule has 1 saturated heterocycles. The molecule has 29 heavy (non-hydrogen) atoms. The number of carbonyl (C=O) groups excluding carboxylic acids is 1. The van der Waals surface area contributed by atoms with Gasteiger partial charge >= 0.3 is 0 Å². The number of thioether (sulfide) groups is 1. The highest BCUT2D eigenvalue weighted by Gasteiger charge is 2.26. The highest BCUT2D eigenvalue weighted by atomic mass is 32.2. The molecule has 0 radical (unpaired) electrons. The molecule has 0 aliphatic carbocycles. The molecule has 1 aliphatic rings. The number of hydrogen-bond acceptors (Lipinski definition) is 6. The highest BCUT2D eigenvalue weighted by Crippen LogP contribution is 2.22. The van der Waals surface area contributed by atoms with Gasteiger partial charge in [-0.2, -0.15) is 0 Å². The first-order valence-electron chi connectivity index (χ1n) is 9.73. The SMILES string of the molecule is C[C@@H]1CN(C(=O)CSc2nnc(Cc3cccc4ccccc34)n2N)C[C@H](C)O1. The Balaban J connectivity index is 1.43. The van der Waals surface area contributed by atoms with E-state index in [1.54, 1.807) is 0 Å². The number of carbonyl (C=O) groups is 1. The van der Waals surface area contributed by atoms with Crippen LogP contribution in [0, 0.1) is 0 Å². The molecule has 2 aromatic carbocycles. The van der Waals surface area contributed by atoms with E-state index in [2.05, 4.69) is 34.5 Å². The van der Waals surface area contributed by atoms with E-state index in [-0.39, 0.29) is 23.9 Å². The quantitative estimate of drug-likeness (QED) is 0.513. The van der Waals surface area contributed by atoms with Gasteiger partial charge in [-0.1, -0.05) is 54.2 Å². The van der Waals surface area contributed by atoms with Gasteiger partial charge in [-0.15, -0.1) is 10.2 Å². The van der Waals surface area contributed by atoms with Crippen molar-refractivity contribution in [2.24, 2.45) is 0 Å². The van der Waals surface area contributed by atoms with Gasteiger partial charge < -0.3 is 15.5 Å². The van der Waals surface area contributed by atoms with Crippen LogP contribution in [0.25, 0.3) is 10.8 Å². The largest absolute Gasteiger partial charge is 0.372 e. The first-order chi connectivity index (χ1) is 14.0. The molecule has 8 heteroatoms. The van der Waals surface area contributed by atoms with Crippen molar-refractivity contribution in [2.45, 2.75) is 37.6 Å². The Hall–Kier alpha value is -2.58. The number of hydrogen-bond donors (Lipinski definition) is 1. The summed E-state index contributed by atoms with van der Waals surface area (Å²) in [7, 11) is 0. The third-order valence-corrected chi connectivity index (χ3v) is 5.99. The average molecular weight is 412 g/mol. The zero-order chi connectivity index (χ0) is 20.4. The van der Waals surface area contributed by atoms with Crippen LogP contribution in [-0.4, -0.2) is 56.7 Å². The van der Waals surface area contributed by atoms with Gasteiger partial charge in [0.05, 0.1) is 18.0 Å². The molecule has 0 spiro atoms. The Morgan fingerprint density at radius 3 is 2.66 bits per heavy atom. The second-order valence-electron chi connectivity index (χ2n) is 7.43. The summed E-state index contributed by atoms with van der Waals surface area (Å²) in [6.07, 6.45) is 0.689. The minimum atomic E-state index is 0.0539. The predicted octanol–water partition coefficient (Wildman–Crippen LogP) is 2.46. The molecule has 1 fully saturated rings. The second-order valence-corrected chi connectivity index (χ2v) is 8.37. The van der Waals surface area contributed by atoms with Crippen LogP contribution in [0.15, 0.2) is 47.6 Å². The van der Waals surface area contributed by atoms with Crippen molar-refractivity contribution in [1.29, 1.82) is 0 Å². The minimum Gasteiger partial charge on any atom is -0.372 e. The number of rotatable bonds is 5. The second kappa shape index (κ2) is 8.42. The predicted molar refractivity (Wildman–Crippen MR) is 114 cm³/mol. The Morgan fingerprint density at radius 2 is 1.86 bits per heavy atom. The van der Waals surface area contributed by atoms with Crippen molar-refractivity contribution in [3.63, 3.8) is 0 Å². The molecule has 2 atom stereocenters. The fourth-order valence-electron chi connectivity index (χ4n) is 3.74. The molecule has 0 saturated carbocycles. The van der Waals surface area contributed by atoms with Crippen molar-refractivity contribution in [3.05, 3.63) is 53.9 Å². The number of fused-ring (bicyclic) bond motifs is 1. The van der Waals surface area contributed by atoms with E-state index in [4.69, 9.17) is 10.6 Å². The lowest BCUT2D eigenvalue weighted by molar-refractivity contribution is -0.140. The minimum absolute atomic E-state index is 0.0539. The third kappa shape index (κ3) is 4.38. The van der Waals surface area contributed by atoms with E-state index < -0.39 is 0 Å². The Bertz CT molecular complexity index is 1010. The Kier molecular flexibility index (Phi) is 5.73. The summed E-state index contributed by atoms with van der Waals surface area (Å²) in [4.78, 5) is 14.4. The van der Waals surface area contributed by atoms with E-state index in [0.717, 1.165) is 5.56 Å². The van der Waals surface area contributed by atoms with E-state index in [1.807, 2.05) is 36.9 Å². The molecular formula is C21H25N5O2S. The molecular weight excluding hydrogens is 386 g/mol. The number of nitrogens with two attached hydrogens (primary N) is 1. The van der Waals surface area contributed by atoms with E-state index >= 15 is 0 Å². The maximum absolute atomic E-state index is 12.6. The monoisotopic (exact) mass is 411 g/mol. The molecule has 0 bridgehead atoms. The van der Waals surface area contributed by atoms with E-state index in [0.29, 0.717) is 30.5 Å². The van der Waals surface area contributed by atoms with Gasteiger partial charge in [0, 0.05) is 19.5 Å². The van der Waals surface area contributed by atoms with Crippen LogP contribution in [0.5, 0.6) is 0 Å². The highest BCUT2D eigenvalue weighted by molar-refractivity contribution is 7.99. The van der Waals surface area contributed by atoms with Gasteiger partial charge in [0.15, 0.2) is 5.82 Å². The first-order valence-corrected chi connectivity index (χ1v) is 10.7. The van der Waals surface area contributed by atoms with Gasteiger partial charge in [-0.25, -0.2) is 4.68 Å². The third-order valence-electron chi connectivity index (χ3n) is 5.06. The van der Waals surface area contributed by atoms with Crippen LogP contribution in [-0.2, 0) is 16.0 Å². The fraction of sp³-hybridized carbons (Fsp3) is 0.381. The summed E-state index contributed by atoms with van der Waals surface area (Å²) in [5, 5.41) is 11.4. The lowest BCUT2D eigenvalue weighted by Crippen LogP contribution is -2.48. The summed E-state index contributed by atoms with van der Waals surface area (Å²) < 4.78 is 7.18. The maximum atomic E-state index is 12.6. The van der Waals surface area contributed by atoms with Crippen LogP contribution in [0.4, 0.5) is 0 Å². The standard InChI is InChI=1S/C21H25N5O2S/c1-14-11-25(12-15(2)28-14)20(27)13-29-21-24-23-19(26(21)22)10-17-8-5-7-16-6-3-4-9-18(16)17/h3-9,14-15H,10-13,22H2,1-2H3/t14-,15+. The van der Waals surface area contributed by atoms with Gasteiger partial charge in [0.2, 0.25) is 11.1 Å². The molecule has 4 rings (SSSR count). The number of benzene rings is 2. The Morgan fingerprint density at radius 1 is 1.14 bits per heavy atom. The molecule has 152 valence electrons. The fourth-order valence-corrected chi connectivity index (χ4v) is 4.52. The lowest BCUT2D eigenvalue weighted by atomic mass is 10.0. The summed E-state index contributed by atoms with van der Waals surface area (Å²) in [6, 6.07) is 14.4. The van der Waals surface area contributed by atoms with Crippen LogP contribution < -0.4 is 5.84 Å². The first kappa shape index (κ1) is 19.7. The number of nitrogen functional groups attached to an aromatic ring is 1. The zero-order valence-electron chi connectivity index (χ0n) is 16.6. The topological polar surface area (TPSA) is 86.3 Å². The van der Waals surface area contributed by atoms with Crippen LogP contribution in [0.1, 0.15) is 25.2 Å². The molecule has 3 aromatic rings. The van der Waals surface area contributed by atoms with Crippen molar-refractivity contribution in [3.8, 4) is 0 Å². The molecule has 1 aliphatic heterocycles. The lowest BCUT2D eigenvalue weighted by Gasteiger charge is -2.35. The Labute approximate surface area is 174 Å². The van der Waals surface area contributed by atoms with E-state index in [9.17, 15) is 4.79 Å².